The Morgan fingerprint density at radius 2 is 0.950 bits per heavy atom. The van der Waals surface area contributed by atoms with Crippen LogP contribution in [0.5, 0.6) is 0 Å². The molecule has 4 aromatic carbocycles. The van der Waals surface area contributed by atoms with E-state index in [1.165, 1.54) is 44.5 Å². The van der Waals surface area contributed by atoms with Crippen molar-refractivity contribution in [3.05, 3.63) is 129 Å². The van der Waals surface area contributed by atoms with Gasteiger partial charge in [0.15, 0.2) is 0 Å². The van der Waals surface area contributed by atoms with E-state index in [2.05, 4.69) is 138 Å². The van der Waals surface area contributed by atoms with Gasteiger partial charge in [-0.15, -0.1) is 0 Å². The molecule has 2 aliphatic carbocycles. The molecule has 0 heterocycles. The van der Waals surface area contributed by atoms with Crippen LogP contribution in [0.1, 0.15) is 68.3 Å². The van der Waals surface area contributed by atoms with E-state index in [9.17, 15) is 0 Å². The molecular formula is C38H41SiZr. The zero-order valence-electron chi connectivity index (χ0n) is 24.9. The molecule has 2 heteroatoms. The van der Waals surface area contributed by atoms with E-state index in [0.717, 1.165) is 12.8 Å². The van der Waals surface area contributed by atoms with Crippen molar-refractivity contribution in [2.75, 3.05) is 0 Å². The number of hydrogen-bond acceptors (Lipinski definition) is 0. The second kappa shape index (κ2) is 11.4. The van der Waals surface area contributed by atoms with Crippen LogP contribution < -0.4 is 0 Å². The Labute approximate surface area is 250 Å². The van der Waals surface area contributed by atoms with E-state index < -0.39 is 26.8 Å². The van der Waals surface area contributed by atoms with Crippen LogP contribution in [0.15, 0.2) is 96.1 Å². The molecule has 0 fully saturated rings. The second-order valence-electron chi connectivity index (χ2n) is 11.9. The van der Waals surface area contributed by atoms with Crippen LogP contribution in [0.4, 0.5) is 0 Å². The standard InChI is InChI=1S/2C18H17.C2H7Si.Zr/c2*1-3-14-7-4-5-9-16(14)17-10-6-8-15-11-13(2)12-18(15)17;1-3-2;/h2*4-12H,3H2,1-2H3;3H,1-2H3;. The summed E-state index contributed by atoms with van der Waals surface area (Å²) in [4.78, 5) is 0. The first-order valence-electron chi connectivity index (χ1n) is 15.1. The van der Waals surface area contributed by atoms with Crippen LogP contribution in [0, 0.1) is 0 Å². The molecule has 4 aromatic rings. The third-order valence-electron chi connectivity index (χ3n) is 9.27. The van der Waals surface area contributed by atoms with Crippen LogP contribution >= 0.6 is 0 Å². The normalized spacial score (nSPS) is 17.5. The van der Waals surface area contributed by atoms with Crippen molar-refractivity contribution >= 4 is 18.1 Å². The Balaban J connectivity index is 1.47. The molecule has 0 spiro atoms. The Morgan fingerprint density at radius 1 is 0.550 bits per heavy atom. The first-order valence-corrected chi connectivity index (χ1v) is 25.1. The minimum atomic E-state index is -2.06. The molecule has 6 rings (SSSR count). The van der Waals surface area contributed by atoms with Gasteiger partial charge in [-0.25, -0.2) is 0 Å². The average molecular weight is 617 g/mol. The molecule has 0 aliphatic heterocycles. The molecule has 0 radical (unpaired) electrons. The average Bonchev–Trinajstić information content (AvgIpc) is 3.48. The van der Waals surface area contributed by atoms with Gasteiger partial charge in [-0.3, -0.25) is 0 Å². The van der Waals surface area contributed by atoms with Crippen molar-refractivity contribution in [1.29, 1.82) is 0 Å². The van der Waals surface area contributed by atoms with E-state index in [-0.39, 0.29) is 0 Å². The van der Waals surface area contributed by atoms with Crippen molar-refractivity contribution in [1.82, 2.24) is 0 Å². The molecular weight excluding hydrogens is 576 g/mol. The fourth-order valence-corrected chi connectivity index (χ4v) is 30.7. The molecule has 2 atom stereocenters. The Hall–Kier alpha value is -2.54. The van der Waals surface area contributed by atoms with Gasteiger partial charge in [-0.1, -0.05) is 0 Å². The number of benzene rings is 4. The molecule has 0 nitrogen and oxygen atoms in total. The van der Waals surface area contributed by atoms with Crippen LogP contribution in [0.2, 0.25) is 13.1 Å². The van der Waals surface area contributed by atoms with Crippen LogP contribution in [-0.4, -0.2) is 5.92 Å². The summed E-state index contributed by atoms with van der Waals surface area (Å²) in [5.41, 5.74) is 18.1. The first-order chi connectivity index (χ1) is 19.4. The van der Waals surface area contributed by atoms with Crippen LogP contribution in [0.3, 0.4) is 0 Å². The molecule has 40 heavy (non-hydrogen) atoms. The fraction of sp³-hybridized carbons (Fsp3) is 0.263. The molecule has 201 valence electrons. The first kappa shape index (κ1) is 27.6. The van der Waals surface area contributed by atoms with Crippen molar-refractivity contribution in [2.24, 2.45) is 0 Å². The minimum absolute atomic E-state index is 0.670. The number of rotatable bonds is 7. The molecule has 0 aromatic heterocycles. The summed E-state index contributed by atoms with van der Waals surface area (Å²) in [6.07, 6.45) is 7.28. The predicted octanol–water partition coefficient (Wildman–Crippen LogP) is 10.4. The molecule has 0 saturated heterocycles. The van der Waals surface area contributed by atoms with E-state index in [0.29, 0.717) is 7.25 Å². The summed E-state index contributed by atoms with van der Waals surface area (Å²) in [6, 6.07) is 32.4. The topological polar surface area (TPSA) is 0 Å². The van der Waals surface area contributed by atoms with Gasteiger partial charge in [0.05, 0.1) is 0 Å². The summed E-state index contributed by atoms with van der Waals surface area (Å²) >= 11 is -2.06. The maximum absolute atomic E-state index is 2.66. The van der Waals surface area contributed by atoms with Gasteiger partial charge in [-0.05, 0) is 0 Å². The molecule has 0 amide bonds. The van der Waals surface area contributed by atoms with Gasteiger partial charge in [0.1, 0.15) is 0 Å². The molecule has 0 saturated carbocycles. The second-order valence-corrected chi connectivity index (χ2v) is 32.0. The number of fused-ring (bicyclic) bond motifs is 2. The third-order valence-corrected chi connectivity index (χ3v) is 31.4. The molecule has 0 bridgehead atoms. The predicted molar refractivity (Wildman–Crippen MR) is 174 cm³/mol. The quantitative estimate of drug-likeness (QED) is 0.181. The van der Waals surface area contributed by atoms with Crippen molar-refractivity contribution in [3.8, 4) is 22.3 Å². The van der Waals surface area contributed by atoms with E-state index >= 15 is 0 Å². The summed E-state index contributed by atoms with van der Waals surface area (Å²) < 4.78 is 1.34. The Kier molecular flexibility index (Phi) is 7.86. The van der Waals surface area contributed by atoms with E-state index in [1.807, 2.05) is 0 Å². The van der Waals surface area contributed by atoms with Crippen molar-refractivity contribution in [3.63, 3.8) is 0 Å². The van der Waals surface area contributed by atoms with E-state index in [1.54, 1.807) is 22.3 Å². The SMILES string of the molecule is CCc1ccccc1-c1cccc2c1C=C(C)[CH]2[Zr]([CH]1C(C)=Cc2c(-c3ccccc3CC)cccc21)[SiH](C)C. The molecule has 2 aliphatic rings. The zero-order valence-corrected chi connectivity index (χ0v) is 28.5. The molecule has 0 N–H and O–H groups in total. The van der Waals surface area contributed by atoms with Crippen molar-refractivity contribution in [2.45, 2.75) is 60.9 Å². The maximum atomic E-state index is 2.66. The van der Waals surface area contributed by atoms with Gasteiger partial charge in [-0.2, -0.15) is 0 Å². The fourth-order valence-electron chi connectivity index (χ4n) is 7.48. The third kappa shape index (κ3) is 4.62. The summed E-state index contributed by atoms with van der Waals surface area (Å²) in [5, 5.41) is 0. The van der Waals surface area contributed by atoms with Gasteiger partial charge in [0, 0.05) is 0 Å². The zero-order chi connectivity index (χ0) is 28.0. The number of hydrogen-bond donors (Lipinski definition) is 0. The molecule has 2 unspecified atom stereocenters. The van der Waals surface area contributed by atoms with Gasteiger partial charge in [0.2, 0.25) is 0 Å². The van der Waals surface area contributed by atoms with Gasteiger partial charge < -0.3 is 0 Å². The van der Waals surface area contributed by atoms with Gasteiger partial charge >= 0.3 is 252 Å². The van der Waals surface area contributed by atoms with Gasteiger partial charge in [0.25, 0.3) is 0 Å². The Bertz CT molecular complexity index is 1520. The summed E-state index contributed by atoms with van der Waals surface area (Å²) in [6.45, 7) is 14.8. The van der Waals surface area contributed by atoms with E-state index in [4.69, 9.17) is 0 Å². The summed E-state index contributed by atoms with van der Waals surface area (Å²) in [7, 11) is 0. The van der Waals surface area contributed by atoms with Crippen LogP contribution in [-0.2, 0) is 33.8 Å². The number of allylic oxidation sites excluding steroid dienone is 2. The monoisotopic (exact) mass is 615 g/mol. The summed E-state index contributed by atoms with van der Waals surface area (Å²) in [5.74, 6) is -0.882. The number of aryl methyl sites for hydroxylation is 2. The van der Waals surface area contributed by atoms with Crippen molar-refractivity contribution < 1.29 is 20.9 Å². The Morgan fingerprint density at radius 3 is 1.35 bits per heavy atom. The van der Waals surface area contributed by atoms with Crippen LogP contribution in [0.25, 0.3) is 34.4 Å².